The minimum absolute atomic E-state index is 0.293. The average molecular weight is 656 g/mol. The molecule has 2 heterocycles. The maximum atomic E-state index is 5.64. The molecule has 244 valence electrons. The topological polar surface area (TPSA) is 30.7 Å². The van der Waals surface area contributed by atoms with Gasteiger partial charge in [-0.2, -0.15) is 0 Å². The largest absolute Gasteiger partial charge is 0.277 e. The predicted octanol–water partition coefficient (Wildman–Crippen LogP) is 12.3. The van der Waals surface area contributed by atoms with Gasteiger partial charge in [-0.15, -0.1) is 0 Å². The Hall–Kier alpha value is -5.54. The van der Waals surface area contributed by atoms with Crippen LogP contribution in [0.5, 0.6) is 0 Å². The van der Waals surface area contributed by atoms with Crippen molar-refractivity contribution in [3.63, 3.8) is 0 Å². The Bertz CT molecular complexity index is 2940. The van der Waals surface area contributed by atoms with E-state index in [2.05, 4.69) is 145 Å². The number of hydrogen-bond donors (Lipinski definition) is 0. The van der Waals surface area contributed by atoms with E-state index < -0.39 is 0 Å². The molecule has 3 heteroatoms. The number of aromatic nitrogens is 3. The number of para-hydroxylation sites is 1. The summed E-state index contributed by atoms with van der Waals surface area (Å²) in [5.74, 6) is 2.47. The van der Waals surface area contributed by atoms with Gasteiger partial charge in [0.1, 0.15) is 0 Å². The van der Waals surface area contributed by atoms with Crippen molar-refractivity contribution < 1.29 is 0 Å². The molecule has 2 bridgehead atoms. The molecular formula is C48H37N3. The molecule has 51 heavy (non-hydrogen) atoms. The van der Waals surface area contributed by atoms with Gasteiger partial charge in [-0.1, -0.05) is 122 Å². The van der Waals surface area contributed by atoms with E-state index in [9.17, 15) is 0 Å². The van der Waals surface area contributed by atoms with Crippen LogP contribution in [0, 0.1) is 17.3 Å². The number of benzene rings is 7. The summed E-state index contributed by atoms with van der Waals surface area (Å²) in [6, 6.07) is 49.1. The van der Waals surface area contributed by atoms with E-state index in [1.165, 1.54) is 80.9 Å². The summed E-state index contributed by atoms with van der Waals surface area (Å²) in [7, 11) is 0. The van der Waals surface area contributed by atoms with Gasteiger partial charge in [0.05, 0.1) is 22.2 Å². The smallest absolute Gasteiger partial charge is 0.235 e. The fraction of sp³-hybridized carbons (Fsp3) is 0.208. The van der Waals surface area contributed by atoms with Crippen LogP contribution in [0.4, 0.5) is 0 Å². The van der Waals surface area contributed by atoms with Crippen LogP contribution < -0.4 is 0 Å². The van der Waals surface area contributed by atoms with Gasteiger partial charge in [0, 0.05) is 32.5 Å². The van der Waals surface area contributed by atoms with Crippen molar-refractivity contribution in [3.05, 3.63) is 139 Å². The minimum atomic E-state index is 0.293. The zero-order valence-electron chi connectivity index (χ0n) is 28.7. The lowest BCUT2D eigenvalue weighted by atomic mass is 9.72. The monoisotopic (exact) mass is 655 g/mol. The van der Waals surface area contributed by atoms with Gasteiger partial charge >= 0.3 is 0 Å². The molecular weight excluding hydrogens is 619 g/mol. The van der Waals surface area contributed by atoms with Crippen LogP contribution in [0.2, 0.25) is 0 Å². The molecule has 0 unspecified atom stereocenters. The Kier molecular flexibility index (Phi) is 5.43. The summed E-state index contributed by atoms with van der Waals surface area (Å²) in [5, 5.41) is 10.9. The first-order chi connectivity index (χ1) is 25.1. The van der Waals surface area contributed by atoms with Gasteiger partial charge in [0.2, 0.25) is 5.95 Å². The van der Waals surface area contributed by atoms with Crippen molar-refractivity contribution in [1.82, 2.24) is 14.5 Å². The molecule has 3 nitrogen and oxygen atoms in total. The van der Waals surface area contributed by atoms with E-state index in [0.717, 1.165) is 50.8 Å². The van der Waals surface area contributed by atoms with Crippen molar-refractivity contribution in [2.75, 3.05) is 0 Å². The third-order valence-electron chi connectivity index (χ3n) is 13.8. The first-order valence-electron chi connectivity index (χ1n) is 18.7. The predicted molar refractivity (Wildman–Crippen MR) is 212 cm³/mol. The molecule has 0 N–H and O–H groups in total. The molecule has 9 aromatic rings. The average Bonchev–Trinajstić information content (AvgIpc) is 3.82. The van der Waals surface area contributed by atoms with Crippen LogP contribution in [0.1, 0.15) is 44.6 Å². The Morgan fingerprint density at radius 3 is 2.04 bits per heavy atom. The molecule has 3 fully saturated rings. The number of nitrogens with zero attached hydrogens (tertiary/aromatic N) is 3. The van der Waals surface area contributed by atoms with Crippen LogP contribution in [0.25, 0.3) is 82.2 Å². The van der Waals surface area contributed by atoms with Crippen LogP contribution >= 0.6 is 0 Å². The van der Waals surface area contributed by atoms with Crippen molar-refractivity contribution in [1.29, 1.82) is 0 Å². The summed E-state index contributed by atoms with van der Waals surface area (Å²) in [6.45, 7) is 2.60. The fourth-order valence-electron chi connectivity index (χ4n) is 11.6. The van der Waals surface area contributed by atoms with E-state index >= 15 is 0 Å². The highest BCUT2D eigenvalue weighted by molar-refractivity contribution is 6.32. The lowest BCUT2D eigenvalue weighted by Crippen LogP contribution is -2.26. The van der Waals surface area contributed by atoms with Crippen LogP contribution in [0.15, 0.2) is 133 Å². The van der Waals surface area contributed by atoms with Crippen LogP contribution in [-0.2, 0) is 5.41 Å². The zero-order valence-corrected chi connectivity index (χ0v) is 28.7. The maximum Gasteiger partial charge on any atom is 0.235 e. The molecule has 7 aromatic carbocycles. The van der Waals surface area contributed by atoms with Crippen molar-refractivity contribution >= 4 is 65.0 Å². The second-order valence-corrected chi connectivity index (χ2v) is 16.1. The molecule has 0 saturated heterocycles. The summed E-state index contributed by atoms with van der Waals surface area (Å²) in [6.07, 6.45) is 6.84. The quantitative estimate of drug-likeness (QED) is 0.177. The summed E-state index contributed by atoms with van der Waals surface area (Å²) in [4.78, 5) is 11.2. The Morgan fingerprint density at radius 1 is 0.588 bits per heavy atom. The Balaban J connectivity index is 1.19. The standard InChI is InChI=1S/C48H37N3/c1-47-28-48(26-32(47)22-23-33(47)27-48)31-13-10-12-30(25-31)43-40-24-21-29-11-2-3-14-34(29)44(40)50-46(49-43)51-41-20-9-8-19-39(41)42-37-17-6-4-15-35(37)36-16-5-7-18-38(36)45(42)51/h2-21,24-25,32-33H,22-23,26-28H2,1H3/t32-,33-,47?,48?/m1/s1. The van der Waals surface area contributed by atoms with Crippen molar-refractivity contribution in [2.45, 2.75) is 44.4 Å². The molecule has 2 atom stereocenters. The third kappa shape index (κ3) is 3.64. The number of hydrogen-bond acceptors (Lipinski definition) is 2. The minimum Gasteiger partial charge on any atom is -0.277 e. The van der Waals surface area contributed by atoms with E-state index in [0.29, 0.717) is 10.8 Å². The lowest BCUT2D eigenvalue weighted by molar-refractivity contribution is 0.195. The molecule has 0 radical (unpaired) electrons. The number of fused-ring (bicyclic) bond motifs is 12. The van der Waals surface area contributed by atoms with E-state index in [1.807, 2.05) is 0 Å². The third-order valence-corrected chi connectivity index (χ3v) is 13.8. The van der Waals surface area contributed by atoms with Gasteiger partial charge in [-0.25, -0.2) is 9.97 Å². The molecule has 12 rings (SSSR count). The normalized spacial score (nSPS) is 23.9. The second-order valence-electron chi connectivity index (χ2n) is 16.1. The van der Waals surface area contributed by atoms with Gasteiger partial charge in [0.25, 0.3) is 0 Å². The van der Waals surface area contributed by atoms with Gasteiger partial charge in [0.15, 0.2) is 0 Å². The Morgan fingerprint density at radius 2 is 1.25 bits per heavy atom. The molecule has 0 aliphatic heterocycles. The van der Waals surface area contributed by atoms with Crippen LogP contribution in [-0.4, -0.2) is 14.5 Å². The summed E-state index contributed by atoms with van der Waals surface area (Å²) < 4.78 is 2.35. The lowest BCUT2D eigenvalue weighted by Gasteiger charge is -2.33. The zero-order chi connectivity index (χ0) is 33.5. The summed E-state index contributed by atoms with van der Waals surface area (Å²) in [5.41, 5.74) is 7.82. The molecule has 0 amide bonds. The molecule has 3 aliphatic carbocycles. The van der Waals surface area contributed by atoms with Crippen LogP contribution in [0.3, 0.4) is 0 Å². The van der Waals surface area contributed by atoms with E-state index in [1.54, 1.807) is 0 Å². The highest BCUT2D eigenvalue weighted by Gasteiger charge is 2.65. The van der Waals surface area contributed by atoms with E-state index in [4.69, 9.17) is 9.97 Å². The van der Waals surface area contributed by atoms with Gasteiger partial charge in [-0.05, 0) is 100 Å². The maximum absolute atomic E-state index is 5.64. The highest BCUT2D eigenvalue weighted by atomic mass is 15.2. The summed E-state index contributed by atoms with van der Waals surface area (Å²) >= 11 is 0. The molecule has 2 aromatic heterocycles. The first-order valence-corrected chi connectivity index (χ1v) is 18.7. The SMILES string of the molecule is CC12CC3(c4cccc(-c5nc(-n6c7ccccc7c7c8ccccc8c8ccccc8c76)nc6c5ccc5ccccc56)c4)C[C@H]1CC[C@@H]2C3. The van der Waals surface area contributed by atoms with Gasteiger partial charge in [-0.3, -0.25) is 4.57 Å². The number of rotatable bonds is 3. The highest BCUT2D eigenvalue weighted by Crippen LogP contribution is 2.73. The van der Waals surface area contributed by atoms with E-state index in [-0.39, 0.29) is 0 Å². The first kappa shape index (κ1) is 28.2. The van der Waals surface area contributed by atoms with Gasteiger partial charge < -0.3 is 0 Å². The van der Waals surface area contributed by atoms with Crippen molar-refractivity contribution in [2.24, 2.45) is 17.3 Å². The fourth-order valence-corrected chi connectivity index (χ4v) is 11.6. The van der Waals surface area contributed by atoms with Crippen molar-refractivity contribution in [3.8, 4) is 17.2 Å². The second kappa shape index (κ2) is 9.82. The molecule has 0 spiro atoms. The molecule has 3 aliphatic rings. The molecule has 3 saturated carbocycles. The Labute approximate surface area is 296 Å².